The number of carbonyl (C=O) groups is 1. The van der Waals surface area contributed by atoms with Crippen LogP contribution in [0.2, 0.25) is 0 Å². The van der Waals surface area contributed by atoms with Crippen LogP contribution in [-0.4, -0.2) is 49.2 Å². The van der Waals surface area contributed by atoms with Crippen LogP contribution in [0.25, 0.3) is 0 Å². The Morgan fingerprint density at radius 2 is 2.05 bits per heavy atom. The molecule has 0 aromatic rings. The van der Waals surface area contributed by atoms with Crippen LogP contribution in [0.15, 0.2) is 0 Å². The van der Waals surface area contributed by atoms with Gasteiger partial charge in [0, 0.05) is 19.2 Å². The van der Waals surface area contributed by atoms with Crippen LogP contribution in [0.4, 0.5) is 0 Å². The summed E-state index contributed by atoms with van der Waals surface area (Å²) >= 11 is 0. The zero-order chi connectivity index (χ0) is 13.1. The van der Waals surface area contributed by atoms with E-state index in [1.807, 2.05) is 0 Å². The molecule has 1 saturated carbocycles. The molecule has 2 heterocycles. The Morgan fingerprint density at radius 3 is 2.68 bits per heavy atom. The molecular weight excluding hydrogens is 240 g/mol. The van der Waals surface area contributed by atoms with Crippen molar-refractivity contribution >= 4 is 5.91 Å². The number of amides is 1. The molecule has 2 saturated heterocycles. The highest BCUT2D eigenvalue weighted by Gasteiger charge is 2.37. The highest BCUT2D eigenvalue weighted by molar-refractivity contribution is 5.81. The van der Waals surface area contributed by atoms with E-state index in [0.29, 0.717) is 12.0 Å². The Bertz CT molecular complexity index is 305. The van der Waals surface area contributed by atoms with Crippen molar-refractivity contribution in [3.05, 3.63) is 0 Å². The summed E-state index contributed by atoms with van der Waals surface area (Å²) in [4.78, 5) is 14.8. The summed E-state index contributed by atoms with van der Waals surface area (Å²) in [5, 5.41) is 3.45. The van der Waals surface area contributed by atoms with E-state index in [-0.39, 0.29) is 12.0 Å². The highest BCUT2D eigenvalue weighted by atomic mass is 16.5. The summed E-state index contributed by atoms with van der Waals surface area (Å²) in [6, 6.07) is 0.514. The molecule has 4 nitrogen and oxygen atoms in total. The molecule has 1 aliphatic carbocycles. The lowest BCUT2D eigenvalue weighted by molar-refractivity contribution is -0.147. The third-order valence-corrected chi connectivity index (χ3v) is 4.58. The van der Waals surface area contributed by atoms with Gasteiger partial charge >= 0.3 is 0 Å². The van der Waals surface area contributed by atoms with E-state index in [0.717, 1.165) is 45.5 Å². The summed E-state index contributed by atoms with van der Waals surface area (Å²) < 4.78 is 5.68. The van der Waals surface area contributed by atoms with Gasteiger partial charge in [0.25, 0.3) is 5.91 Å². The van der Waals surface area contributed by atoms with Crippen LogP contribution in [0.5, 0.6) is 0 Å². The van der Waals surface area contributed by atoms with E-state index < -0.39 is 0 Å². The SMILES string of the molecule is O=C(C1CCCCO1)N(CC1CCCNC1)C1CC1. The van der Waals surface area contributed by atoms with Crippen LogP contribution in [0, 0.1) is 5.92 Å². The van der Waals surface area contributed by atoms with E-state index in [1.165, 1.54) is 25.7 Å². The number of piperidine rings is 1. The van der Waals surface area contributed by atoms with Gasteiger partial charge in [-0.2, -0.15) is 0 Å². The van der Waals surface area contributed by atoms with E-state index in [4.69, 9.17) is 4.74 Å². The standard InChI is InChI=1S/C15H26N2O2/c18-15(14-5-1-2-9-19-14)17(13-6-7-13)11-12-4-3-8-16-10-12/h12-14,16H,1-11H2. The molecule has 3 fully saturated rings. The minimum absolute atomic E-state index is 0.147. The van der Waals surface area contributed by atoms with Crippen molar-refractivity contribution in [3.8, 4) is 0 Å². The van der Waals surface area contributed by atoms with Gasteiger partial charge in [-0.15, -0.1) is 0 Å². The van der Waals surface area contributed by atoms with E-state index >= 15 is 0 Å². The second-order valence-corrected chi connectivity index (χ2v) is 6.29. The van der Waals surface area contributed by atoms with Gasteiger partial charge < -0.3 is 15.0 Å². The van der Waals surface area contributed by atoms with Crippen LogP contribution in [-0.2, 0) is 9.53 Å². The topological polar surface area (TPSA) is 41.6 Å². The van der Waals surface area contributed by atoms with Gasteiger partial charge in [-0.05, 0) is 64.0 Å². The number of ether oxygens (including phenoxy) is 1. The van der Waals surface area contributed by atoms with Gasteiger partial charge in [0.1, 0.15) is 6.10 Å². The van der Waals surface area contributed by atoms with Crippen molar-refractivity contribution < 1.29 is 9.53 Å². The molecular formula is C15H26N2O2. The van der Waals surface area contributed by atoms with Crippen molar-refractivity contribution in [2.75, 3.05) is 26.2 Å². The molecule has 4 heteroatoms. The first-order valence-electron chi connectivity index (χ1n) is 7.97. The second-order valence-electron chi connectivity index (χ2n) is 6.29. The van der Waals surface area contributed by atoms with Crippen molar-refractivity contribution in [2.24, 2.45) is 5.92 Å². The normalized spacial score (nSPS) is 32.0. The Hall–Kier alpha value is -0.610. The first-order valence-corrected chi connectivity index (χ1v) is 7.97. The third kappa shape index (κ3) is 3.48. The fraction of sp³-hybridized carbons (Fsp3) is 0.933. The highest BCUT2D eigenvalue weighted by Crippen LogP contribution is 2.30. The maximum absolute atomic E-state index is 12.6. The Morgan fingerprint density at radius 1 is 1.16 bits per heavy atom. The Labute approximate surface area is 115 Å². The van der Waals surface area contributed by atoms with Crippen LogP contribution in [0.1, 0.15) is 44.9 Å². The lowest BCUT2D eigenvalue weighted by atomic mass is 9.98. The summed E-state index contributed by atoms with van der Waals surface area (Å²) in [5.74, 6) is 0.912. The smallest absolute Gasteiger partial charge is 0.251 e. The largest absolute Gasteiger partial charge is 0.368 e. The first kappa shape index (κ1) is 13.4. The first-order chi connectivity index (χ1) is 9.34. The van der Waals surface area contributed by atoms with Gasteiger partial charge in [-0.25, -0.2) is 0 Å². The summed E-state index contributed by atoms with van der Waals surface area (Å²) in [7, 11) is 0. The van der Waals surface area contributed by atoms with Crippen molar-refractivity contribution in [1.82, 2.24) is 10.2 Å². The lowest BCUT2D eigenvalue weighted by Gasteiger charge is -2.33. The minimum Gasteiger partial charge on any atom is -0.368 e. The lowest BCUT2D eigenvalue weighted by Crippen LogP contribution is -2.47. The third-order valence-electron chi connectivity index (χ3n) is 4.58. The maximum Gasteiger partial charge on any atom is 0.251 e. The van der Waals surface area contributed by atoms with Gasteiger partial charge in [-0.1, -0.05) is 0 Å². The number of hydrogen-bond acceptors (Lipinski definition) is 3. The number of nitrogens with one attached hydrogen (secondary N) is 1. The van der Waals surface area contributed by atoms with Crippen molar-refractivity contribution in [2.45, 2.75) is 57.1 Å². The average molecular weight is 266 g/mol. The van der Waals surface area contributed by atoms with Crippen molar-refractivity contribution in [3.63, 3.8) is 0 Å². The predicted molar refractivity (Wildman–Crippen MR) is 73.9 cm³/mol. The summed E-state index contributed by atoms with van der Waals surface area (Å²) in [5.41, 5.74) is 0. The molecule has 3 rings (SSSR count). The summed E-state index contributed by atoms with van der Waals surface area (Å²) in [6.45, 7) is 3.91. The van der Waals surface area contributed by atoms with E-state index in [9.17, 15) is 4.79 Å². The fourth-order valence-corrected chi connectivity index (χ4v) is 3.28. The van der Waals surface area contributed by atoms with E-state index in [2.05, 4.69) is 10.2 Å². The fourth-order valence-electron chi connectivity index (χ4n) is 3.28. The van der Waals surface area contributed by atoms with Gasteiger partial charge in [-0.3, -0.25) is 4.79 Å². The molecule has 2 aliphatic heterocycles. The Balaban J connectivity index is 1.57. The van der Waals surface area contributed by atoms with E-state index in [1.54, 1.807) is 0 Å². The summed E-state index contributed by atoms with van der Waals surface area (Å²) in [6.07, 6.45) is 7.92. The molecule has 3 aliphatic rings. The van der Waals surface area contributed by atoms with Gasteiger partial charge in [0.2, 0.25) is 0 Å². The Kier molecular flexibility index (Phi) is 4.38. The second kappa shape index (κ2) is 6.23. The number of rotatable bonds is 4. The van der Waals surface area contributed by atoms with Gasteiger partial charge in [0.05, 0.1) is 0 Å². The molecule has 2 unspecified atom stereocenters. The molecule has 0 bridgehead atoms. The average Bonchev–Trinajstić information content (AvgIpc) is 3.31. The van der Waals surface area contributed by atoms with Crippen molar-refractivity contribution in [1.29, 1.82) is 0 Å². The maximum atomic E-state index is 12.6. The minimum atomic E-state index is -0.147. The molecule has 1 N–H and O–H groups in total. The zero-order valence-corrected chi connectivity index (χ0v) is 11.8. The molecule has 0 radical (unpaired) electrons. The zero-order valence-electron chi connectivity index (χ0n) is 11.8. The van der Waals surface area contributed by atoms with Gasteiger partial charge in [0.15, 0.2) is 0 Å². The number of nitrogens with zero attached hydrogens (tertiary/aromatic N) is 1. The molecule has 108 valence electrons. The quantitative estimate of drug-likeness (QED) is 0.839. The molecule has 0 aromatic carbocycles. The monoisotopic (exact) mass is 266 g/mol. The van der Waals surface area contributed by atoms with Crippen LogP contribution >= 0.6 is 0 Å². The molecule has 0 spiro atoms. The molecule has 0 aromatic heterocycles. The molecule has 1 amide bonds. The van der Waals surface area contributed by atoms with Crippen LogP contribution < -0.4 is 5.32 Å². The van der Waals surface area contributed by atoms with Crippen LogP contribution in [0.3, 0.4) is 0 Å². The number of hydrogen-bond donors (Lipinski definition) is 1. The number of carbonyl (C=O) groups excluding carboxylic acids is 1. The predicted octanol–water partition coefficient (Wildman–Crippen LogP) is 1.55. The molecule has 19 heavy (non-hydrogen) atoms. The molecule has 2 atom stereocenters.